The van der Waals surface area contributed by atoms with Crippen LogP contribution in [-0.2, 0) is 0 Å². The molecule has 0 radical (unpaired) electrons. The maximum atomic E-state index is 12.6. The maximum absolute atomic E-state index is 12.6. The van der Waals surface area contributed by atoms with Gasteiger partial charge in [0.05, 0.1) is 0 Å². The van der Waals surface area contributed by atoms with Crippen LogP contribution in [0.15, 0.2) is 23.7 Å². The summed E-state index contributed by atoms with van der Waals surface area (Å²) >= 11 is 1.43. The molecule has 0 fully saturated rings. The Balaban J connectivity index is 2.69. The molecule has 1 unspecified atom stereocenters. The molecule has 0 saturated heterocycles. The van der Waals surface area contributed by atoms with Crippen molar-refractivity contribution < 1.29 is 4.79 Å². The van der Waals surface area contributed by atoms with Gasteiger partial charge in [0.15, 0.2) is 10.8 Å². The number of hydrogen-bond acceptors (Lipinski definition) is 3. The lowest BCUT2D eigenvalue weighted by atomic mass is 9.75. The topological polar surface area (TPSA) is 30.0 Å². The molecule has 130 valence electrons. The van der Waals surface area contributed by atoms with Gasteiger partial charge in [0.1, 0.15) is 0 Å². The lowest BCUT2D eigenvalue weighted by Gasteiger charge is -2.30. The highest BCUT2D eigenvalue weighted by Crippen LogP contribution is 2.36. The summed E-state index contributed by atoms with van der Waals surface area (Å²) in [4.78, 5) is 16.7. The molecule has 0 bridgehead atoms. The molecule has 3 heteroatoms. The highest BCUT2D eigenvalue weighted by molar-refractivity contribution is 7.11. The summed E-state index contributed by atoms with van der Waals surface area (Å²) in [6, 6.07) is 0. The largest absolute Gasteiger partial charge is 0.291 e. The number of allylic oxidation sites excluding steroid dienone is 2. The van der Waals surface area contributed by atoms with Gasteiger partial charge in [0.25, 0.3) is 0 Å². The lowest BCUT2D eigenvalue weighted by molar-refractivity contribution is 0.0813. The molecule has 0 amide bonds. The van der Waals surface area contributed by atoms with E-state index in [0.717, 1.165) is 12.8 Å². The van der Waals surface area contributed by atoms with Gasteiger partial charge in [0, 0.05) is 17.0 Å². The Morgan fingerprint density at radius 3 is 2.30 bits per heavy atom. The molecule has 1 heterocycles. The average molecular weight is 336 g/mol. The third kappa shape index (κ3) is 6.99. The Bertz CT molecular complexity index is 532. The minimum atomic E-state index is -0.379. The first-order valence-corrected chi connectivity index (χ1v) is 9.34. The van der Waals surface area contributed by atoms with Gasteiger partial charge in [-0.15, -0.1) is 11.3 Å². The Kier molecular flexibility index (Phi) is 6.37. The fourth-order valence-corrected chi connectivity index (χ4v) is 4.20. The molecular formula is C20H33NOS. The predicted molar refractivity (Wildman–Crippen MR) is 101 cm³/mol. The molecule has 2 nitrogen and oxygen atoms in total. The van der Waals surface area contributed by atoms with Crippen LogP contribution < -0.4 is 0 Å². The number of aromatic nitrogens is 1. The zero-order valence-corrected chi connectivity index (χ0v) is 16.9. The number of nitrogens with zero attached hydrogens (tertiary/aromatic N) is 1. The SMILES string of the molecule is CC(/C=C\C(C)(C)CC(C)(C)C)CC(C)(C)C(=O)c1nccs1. The van der Waals surface area contributed by atoms with E-state index in [1.54, 1.807) is 6.20 Å². The van der Waals surface area contributed by atoms with Gasteiger partial charge in [-0.1, -0.05) is 67.5 Å². The summed E-state index contributed by atoms with van der Waals surface area (Å²) in [7, 11) is 0. The van der Waals surface area contributed by atoms with Crippen molar-refractivity contribution in [3.63, 3.8) is 0 Å². The number of Topliss-reactive ketones (excluding diaryl/α,β-unsaturated/α-hetero) is 1. The van der Waals surface area contributed by atoms with E-state index in [1.807, 2.05) is 19.2 Å². The standard InChI is InChI=1S/C20H33NOS/c1-15(9-10-19(5,6)14-18(2,3)4)13-20(7,8)16(22)17-21-11-12-23-17/h9-12,15H,13-14H2,1-8H3/b10-9-. The summed E-state index contributed by atoms with van der Waals surface area (Å²) < 4.78 is 0. The summed E-state index contributed by atoms with van der Waals surface area (Å²) in [5, 5.41) is 2.49. The number of hydrogen-bond donors (Lipinski definition) is 0. The first kappa shape index (κ1) is 20.1. The number of rotatable bonds is 7. The fraction of sp³-hybridized carbons (Fsp3) is 0.700. The lowest BCUT2D eigenvalue weighted by Crippen LogP contribution is -2.26. The molecular weight excluding hydrogens is 302 g/mol. The van der Waals surface area contributed by atoms with Crippen LogP contribution in [0.5, 0.6) is 0 Å². The van der Waals surface area contributed by atoms with E-state index in [2.05, 4.69) is 58.7 Å². The van der Waals surface area contributed by atoms with E-state index in [9.17, 15) is 4.79 Å². The molecule has 23 heavy (non-hydrogen) atoms. The average Bonchev–Trinajstić information content (AvgIpc) is 2.85. The molecule has 0 aliphatic heterocycles. The van der Waals surface area contributed by atoms with Crippen LogP contribution in [0.1, 0.15) is 78.0 Å². The van der Waals surface area contributed by atoms with Crippen LogP contribution in [0.25, 0.3) is 0 Å². The van der Waals surface area contributed by atoms with E-state index in [-0.39, 0.29) is 16.6 Å². The summed E-state index contributed by atoms with van der Waals surface area (Å²) in [6.07, 6.45) is 8.29. The maximum Gasteiger partial charge on any atom is 0.196 e. The van der Waals surface area contributed by atoms with Gasteiger partial charge < -0.3 is 0 Å². The second kappa shape index (κ2) is 7.29. The van der Waals surface area contributed by atoms with Gasteiger partial charge in [-0.3, -0.25) is 4.79 Å². The van der Waals surface area contributed by atoms with Crippen molar-refractivity contribution in [2.45, 2.75) is 68.2 Å². The number of thiazole rings is 1. The minimum Gasteiger partial charge on any atom is -0.291 e. The highest BCUT2D eigenvalue weighted by atomic mass is 32.1. The normalized spacial score (nSPS) is 15.1. The van der Waals surface area contributed by atoms with E-state index >= 15 is 0 Å². The van der Waals surface area contributed by atoms with E-state index in [1.165, 1.54) is 11.3 Å². The molecule has 0 aromatic carbocycles. The van der Waals surface area contributed by atoms with Crippen LogP contribution in [0.3, 0.4) is 0 Å². The number of carbonyl (C=O) groups excluding carboxylic acids is 1. The zero-order valence-electron chi connectivity index (χ0n) is 16.1. The first-order valence-electron chi connectivity index (χ1n) is 8.46. The monoisotopic (exact) mass is 335 g/mol. The minimum absolute atomic E-state index is 0.154. The van der Waals surface area contributed by atoms with Gasteiger partial charge in [-0.2, -0.15) is 0 Å². The van der Waals surface area contributed by atoms with Crippen molar-refractivity contribution in [2.24, 2.45) is 22.2 Å². The molecule has 1 aromatic rings. The van der Waals surface area contributed by atoms with E-state index in [0.29, 0.717) is 16.3 Å². The van der Waals surface area contributed by atoms with E-state index in [4.69, 9.17) is 0 Å². The highest BCUT2D eigenvalue weighted by Gasteiger charge is 2.31. The molecule has 0 spiro atoms. The molecule has 0 aliphatic carbocycles. The fourth-order valence-electron chi connectivity index (χ4n) is 3.44. The second-order valence-electron chi connectivity index (χ2n) is 9.32. The van der Waals surface area contributed by atoms with Gasteiger partial charge >= 0.3 is 0 Å². The zero-order chi connectivity index (χ0) is 17.9. The van der Waals surface area contributed by atoms with Crippen LogP contribution in [-0.4, -0.2) is 10.8 Å². The van der Waals surface area contributed by atoms with E-state index < -0.39 is 0 Å². The predicted octanol–water partition coefficient (Wildman–Crippen LogP) is 6.40. The van der Waals surface area contributed by atoms with Gasteiger partial charge in [0.2, 0.25) is 0 Å². The van der Waals surface area contributed by atoms with Crippen molar-refractivity contribution in [3.05, 3.63) is 28.7 Å². The van der Waals surface area contributed by atoms with Crippen molar-refractivity contribution in [3.8, 4) is 0 Å². The molecule has 1 aromatic heterocycles. The quantitative estimate of drug-likeness (QED) is 0.426. The molecule has 1 atom stereocenters. The number of ketones is 1. The molecule has 0 saturated carbocycles. The second-order valence-corrected chi connectivity index (χ2v) is 10.2. The first-order chi connectivity index (χ1) is 10.3. The summed E-state index contributed by atoms with van der Waals surface area (Å²) in [6.45, 7) is 17.7. The Morgan fingerprint density at radius 2 is 1.83 bits per heavy atom. The summed E-state index contributed by atoms with van der Waals surface area (Å²) in [5.41, 5.74) is 0.114. The van der Waals surface area contributed by atoms with Crippen LogP contribution in [0.2, 0.25) is 0 Å². The van der Waals surface area contributed by atoms with Crippen molar-refractivity contribution >= 4 is 17.1 Å². The van der Waals surface area contributed by atoms with Crippen LogP contribution >= 0.6 is 11.3 Å². The van der Waals surface area contributed by atoms with Gasteiger partial charge in [-0.05, 0) is 29.6 Å². The number of carbonyl (C=O) groups is 1. The third-order valence-electron chi connectivity index (χ3n) is 3.94. The summed E-state index contributed by atoms with van der Waals surface area (Å²) in [5.74, 6) is 0.523. The third-order valence-corrected chi connectivity index (χ3v) is 4.71. The molecule has 0 N–H and O–H groups in total. The Hall–Kier alpha value is -0.960. The van der Waals surface area contributed by atoms with Gasteiger partial charge in [-0.25, -0.2) is 4.98 Å². The smallest absolute Gasteiger partial charge is 0.196 e. The van der Waals surface area contributed by atoms with Crippen molar-refractivity contribution in [2.75, 3.05) is 0 Å². The van der Waals surface area contributed by atoms with Crippen molar-refractivity contribution in [1.29, 1.82) is 0 Å². The Labute approximate surface area is 146 Å². The van der Waals surface area contributed by atoms with Crippen LogP contribution in [0.4, 0.5) is 0 Å². The van der Waals surface area contributed by atoms with Crippen LogP contribution in [0, 0.1) is 22.2 Å². The molecule has 1 rings (SSSR count). The molecule has 0 aliphatic rings. The Morgan fingerprint density at radius 1 is 1.22 bits per heavy atom. The van der Waals surface area contributed by atoms with Crippen molar-refractivity contribution in [1.82, 2.24) is 4.98 Å².